The zero-order valence-corrected chi connectivity index (χ0v) is 15.3. The number of carbonyl (C=O) groups excluding carboxylic acids is 2. The molecular weight excluding hydrogens is 334 g/mol. The number of likely N-dealkylation sites (tertiary alicyclic amines) is 1. The van der Waals surface area contributed by atoms with Crippen molar-refractivity contribution in [3.63, 3.8) is 0 Å². The van der Waals surface area contributed by atoms with Gasteiger partial charge in [0.05, 0.1) is 5.54 Å². The van der Waals surface area contributed by atoms with Crippen molar-refractivity contribution in [1.29, 1.82) is 0 Å². The quantitative estimate of drug-likeness (QED) is 0.769. The fraction of sp³-hybridized carbons (Fsp3) is 0.500. The normalized spacial score (nSPS) is 24.3. The molecule has 1 atom stereocenters. The SMILES string of the molecule is CC(C)(C)OC(=O)N1CCC[C@]12CC(=O)C=C2c1ccc2c(c1)OCO2. The Labute approximate surface area is 152 Å². The topological polar surface area (TPSA) is 65.1 Å². The van der Waals surface area contributed by atoms with E-state index in [0.29, 0.717) is 24.5 Å². The number of hydrogen-bond acceptors (Lipinski definition) is 5. The number of nitrogens with zero attached hydrogens (tertiary/aromatic N) is 1. The highest BCUT2D eigenvalue weighted by Gasteiger charge is 2.52. The lowest BCUT2D eigenvalue weighted by Crippen LogP contribution is -2.49. The maximum absolute atomic E-state index is 12.8. The minimum absolute atomic E-state index is 0.0353. The third-order valence-corrected chi connectivity index (χ3v) is 5.06. The van der Waals surface area contributed by atoms with Gasteiger partial charge in [0.2, 0.25) is 6.79 Å². The molecule has 1 saturated heterocycles. The van der Waals surface area contributed by atoms with Crippen LogP contribution in [0.3, 0.4) is 0 Å². The first kappa shape index (κ1) is 16.9. The summed E-state index contributed by atoms with van der Waals surface area (Å²) in [5.74, 6) is 1.40. The van der Waals surface area contributed by atoms with Crippen molar-refractivity contribution < 1.29 is 23.8 Å². The average molecular weight is 357 g/mol. The first-order valence-corrected chi connectivity index (χ1v) is 8.94. The molecule has 6 nitrogen and oxygen atoms in total. The van der Waals surface area contributed by atoms with Gasteiger partial charge in [-0.25, -0.2) is 4.79 Å². The van der Waals surface area contributed by atoms with Gasteiger partial charge in [-0.05, 0) is 63.0 Å². The number of hydrogen-bond donors (Lipinski definition) is 0. The summed E-state index contributed by atoms with van der Waals surface area (Å²) in [5.41, 5.74) is 0.541. The van der Waals surface area contributed by atoms with Crippen molar-refractivity contribution in [2.45, 2.75) is 51.2 Å². The summed E-state index contributed by atoms with van der Waals surface area (Å²) in [4.78, 5) is 26.9. The molecule has 138 valence electrons. The number of benzene rings is 1. The highest BCUT2D eigenvalue weighted by molar-refractivity contribution is 6.06. The van der Waals surface area contributed by atoms with Gasteiger partial charge < -0.3 is 14.2 Å². The molecule has 1 aromatic carbocycles. The van der Waals surface area contributed by atoms with E-state index in [4.69, 9.17) is 14.2 Å². The Hall–Kier alpha value is -2.50. The Balaban J connectivity index is 1.71. The van der Waals surface area contributed by atoms with Crippen molar-refractivity contribution in [2.75, 3.05) is 13.3 Å². The smallest absolute Gasteiger partial charge is 0.411 e. The highest BCUT2D eigenvalue weighted by Crippen LogP contribution is 2.49. The van der Waals surface area contributed by atoms with Crippen molar-refractivity contribution in [2.24, 2.45) is 0 Å². The summed E-state index contributed by atoms with van der Waals surface area (Å²) in [6, 6.07) is 5.66. The van der Waals surface area contributed by atoms with Crippen LogP contribution in [0.5, 0.6) is 11.5 Å². The second-order valence-corrected chi connectivity index (χ2v) is 8.04. The lowest BCUT2D eigenvalue weighted by atomic mass is 9.84. The van der Waals surface area contributed by atoms with Gasteiger partial charge in [0.1, 0.15) is 5.60 Å². The van der Waals surface area contributed by atoms with Crippen molar-refractivity contribution in [3.05, 3.63) is 29.8 Å². The fourth-order valence-electron chi connectivity index (χ4n) is 4.07. The molecule has 1 amide bonds. The van der Waals surface area contributed by atoms with E-state index in [2.05, 4.69) is 0 Å². The van der Waals surface area contributed by atoms with Crippen LogP contribution in [0.1, 0.15) is 45.6 Å². The van der Waals surface area contributed by atoms with E-state index in [1.165, 1.54) is 0 Å². The van der Waals surface area contributed by atoms with Crippen LogP contribution in [0.15, 0.2) is 24.3 Å². The highest BCUT2D eigenvalue weighted by atomic mass is 16.7. The molecule has 1 aromatic rings. The zero-order chi connectivity index (χ0) is 18.5. The Morgan fingerprint density at radius 1 is 1.23 bits per heavy atom. The van der Waals surface area contributed by atoms with Crippen LogP contribution >= 0.6 is 0 Å². The summed E-state index contributed by atoms with van der Waals surface area (Å²) in [6.07, 6.45) is 3.19. The first-order valence-electron chi connectivity index (χ1n) is 8.94. The molecule has 6 heteroatoms. The molecule has 4 rings (SSSR count). The second kappa shape index (κ2) is 5.76. The van der Waals surface area contributed by atoms with Crippen LogP contribution in [0.2, 0.25) is 0 Å². The second-order valence-electron chi connectivity index (χ2n) is 8.04. The van der Waals surface area contributed by atoms with Gasteiger partial charge in [-0.3, -0.25) is 9.69 Å². The number of ether oxygens (including phenoxy) is 3. The third-order valence-electron chi connectivity index (χ3n) is 5.06. The van der Waals surface area contributed by atoms with Gasteiger partial charge in [0.15, 0.2) is 17.3 Å². The summed E-state index contributed by atoms with van der Waals surface area (Å²) < 4.78 is 16.5. The molecule has 1 fully saturated rings. The predicted molar refractivity (Wildman–Crippen MR) is 95.1 cm³/mol. The van der Waals surface area contributed by atoms with E-state index in [1.54, 1.807) is 11.0 Å². The van der Waals surface area contributed by atoms with Crippen LogP contribution in [-0.2, 0) is 9.53 Å². The molecule has 0 saturated carbocycles. The number of fused-ring (bicyclic) bond motifs is 1. The molecule has 26 heavy (non-hydrogen) atoms. The summed E-state index contributed by atoms with van der Waals surface area (Å²) in [7, 11) is 0. The lowest BCUT2D eigenvalue weighted by molar-refractivity contribution is -0.115. The first-order chi connectivity index (χ1) is 12.3. The van der Waals surface area contributed by atoms with Crippen molar-refractivity contribution >= 4 is 17.4 Å². The standard InChI is InChI=1S/C20H23NO5/c1-19(2,3)26-18(23)21-8-4-7-20(21)11-14(22)10-15(20)13-5-6-16-17(9-13)25-12-24-16/h5-6,9-10H,4,7-8,11-12H2,1-3H3/t20-/m1/s1. The molecule has 0 bridgehead atoms. The number of allylic oxidation sites excluding steroid dienone is 1. The minimum atomic E-state index is -0.632. The molecule has 0 aromatic heterocycles. The maximum Gasteiger partial charge on any atom is 0.411 e. The van der Waals surface area contributed by atoms with Gasteiger partial charge in [0, 0.05) is 13.0 Å². The number of amides is 1. The van der Waals surface area contributed by atoms with E-state index in [9.17, 15) is 9.59 Å². The molecule has 2 aliphatic heterocycles. The Bertz CT molecular complexity index is 807. The van der Waals surface area contributed by atoms with E-state index >= 15 is 0 Å². The van der Waals surface area contributed by atoms with Crippen LogP contribution in [0.4, 0.5) is 4.79 Å². The summed E-state index contributed by atoms with van der Waals surface area (Å²) >= 11 is 0. The Kier molecular flexibility index (Phi) is 3.75. The predicted octanol–water partition coefficient (Wildman–Crippen LogP) is 3.54. The molecule has 0 radical (unpaired) electrons. The third kappa shape index (κ3) is 2.73. The lowest BCUT2D eigenvalue weighted by Gasteiger charge is -2.38. The Morgan fingerprint density at radius 2 is 2.00 bits per heavy atom. The summed E-state index contributed by atoms with van der Waals surface area (Å²) in [5, 5.41) is 0. The largest absolute Gasteiger partial charge is 0.454 e. The monoisotopic (exact) mass is 357 g/mol. The number of carbonyl (C=O) groups is 2. The number of ketones is 1. The molecule has 1 aliphatic carbocycles. The van der Waals surface area contributed by atoms with Gasteiger partial charge in [-0.2, -0.15) is 0 Å². The summed E-state index contributed by atoms with van der Waals surface area (Å²) in [6.45, 7) is 6.34. The molecule has 0 unspecified atom stereocenters. The van der Waals surface area contributed by atoms with Gasteiger partial charge in [0.25, 0.3) is 0 Å². The molecule has 3 aliphatic rings. The molecule has 0 N–H and O–H groups in total. The Morgan fingerprint density at radius 3 is 2.77 bits per heavy atom. The van der Waals surface area contributed by atoms with Crippen LogP contribution in [0.25, 0.3) is 5.57 Å². The molecular formula is C20H23NO5. The van der Waals surface area contributed by atoms with Crippen LogP contribution in [-0.4, -0.2) is 41.3 Å². The van der Waals surface area contributed by atoms with Gasteiger partial charge >= 0.3 is 6.09 Å². The van der Waals surface area contributed by atoms with Crippen LogP contribution < -0.4 is 9.47 Å². The van der Waals surface area contributed by atoms with Gasteiger partial charge in [-0.15, -0.1) is 0 Å². The average Bonchev–Trinajstić information content (AvgIpc) is 3.24. The van der Waals surface area contributed by atoms with Crippen molar-refractivity contribution in [3.8, 4) is 11.5 Å². The van der Waals surface area contributed by atoms with E-state index in [0.717, 1.165) is 24.0 Å². The zero-order valence-electron chi connectivity index (χ0n) is 15.3. The molecule has 2 heterocycles. The maximum atomic E-state index is 12.8. The minimum Gasteiger partial charge on any atom is -0.454 e. The van der Waals surface area contributed by atoms with Crippen LogP contribution in [0, 0.1) is 0 Å². The number of rotatable bonds is 1. The van der Waals surface area contributed by atoms with Gasteiger partial charge in [-0.1, -0.05) is 6.07 Å². The van der Waals surface area contributed by atoms with E-state index in [1.807, 2.05) is 39.0 Å². The fourth-order valence-corrected chi connectivity index (χ4v) is 4.07. The van der Waals surface area contributed by atoms with Crippen molar-refractivity contribution in [1.82, 2.24) is 4.90 Å². The molecule has 1 spiro atoms. The van der Waals surface area contributed by atoms with E-state index in [-0.39, 0.29) is 18.7 Å². The van der Waals surface area contributed by atoms with E-state index < -0.39 is 11.1 Å².